The summed E-state index contributed by atoms with van der Waals surface area (Å²) in [5.74, 6) is -0.403. The minimum absolute atomic E-state index is 0.227. The number of rotatable bonds is 6. The van der Waals surface area contributed by atoms with Crippen LogP contribution in [0.2, 0.25) is 0 Å². The highest BCUT2D eigenvalue weighted by molar-refractivity contribution is 7.13. The zero-order valence-electron chi connectivity index (χ0n) is 10.6. The third kappa shape index (κ3) is 4.32. The molecule has 17 heavy (non-hydrogen) atoms. The second-order valence-corrected chi connectivity index (χ2v) is 4.68. The predicted octanol–water partition coefficient (Wildman–Crippen LogP) is 1.79. The van der Waals surface area contributed by atoms with Crippen molar-refractivity contribution in [2.45, 2.75) is 20.0 Å². The molecular weight excluding hydrogens is 240 g/mol. The number of ether oxygens (including phenoxy) is 2. The molecule has 0 saturated carbocycles. The highest BCUT2D eigenvalue weighted by Gasteiger charge is 2.12. The summed E-state index contributed by atoms with van der Waals surface area (Å²) in [6, 6.07) is 0. The molecule has 6 heteroatoms. The van der Waals surface area contributed by atoms with E-state index in [0.717, 1.165) is 11.7 Å². The van der Waals surface area contributed by atoms with Crippen LogP contribution in [0.1, 0.15) is 24.3 Å². The number of aromatic nitrogens is 1. The first-order chi connectivity index (χ1) is 8.04. The van der Waals surface area contributed by atoms with Crippen molar-refractivity contribution in [1.29, 1.82) is 0 Å². The van der Waals surface area contributed by atoms with Crippen molar-refractivity contribution in [3.8, 4) is 0 Å². The molecule has 0 aliphatic carbocycles. The standard InChI is InChI=1S/C11H18N2O3S/c1-8(2)16-6-5-13(3)11-12-9(7-17-11)10(14)15-4/h7-8H,5-6H2,1-4H3. The fraction of sp³-hybridized carbons (Fsp3) is 0.636. The highest BCUT2D eigenvalue weighted by Crippen LogP contribution is 2.19. The van der Waals surface area contributed by atoms with Crippen LogP contribution in [0.15, 0.2) is 5.38 Å². The Morgan fingerprint density at radius 3 is 2.88 bits per heavy atom. The molecule has 0 atom stereocenters. The first-order valence-corrected chi connectivity index (χ1v) is 6.29. The Morgan fingerprint density at radius 2 is 2.29 bits per heavy atom. The van der Waals surface area contributed by atoms with Crippen molar-refractivity contribution >= 4 is 22.4 Å². The number of thiazole rings is 1. The number of esters is 1. The van der Waals surface area contributed by atoms with Gasteiger partial charge in [0.15, 0.2) is 10.8 Å². The average molecular weight is 258 g/mol. The molecule has 0 radical (unpaired) electrons. The van der Waals surface area contributed by atoms with Crippen molar-refractivity contribution in [2.75, 3.05) is 32.2 Å². The lowest BCUT2D eigenvalue weighted by Crippen LogP contribution is -2.23. The van der Waals surface area contributed by atoms with Gasteiger partial charge in [-0.15, -0.1) is 11.3 Å². The topological polar surface area (TPSA) is 51.7 Å². The van der Waals surface area contributed by atoms with Crippen molar-refractivity contribution in [1.82, 2.24) is 4.98 Å². The second kappa shape index (κ2) is 6.56. The van der Waals surface area contributed by atoms with Gasteiger partial charge in [-0.2, -0.15) is 0 Å². The van der Waals surface area contributed by atoms with Gasteiger partial charge in [-0.05, 0) is 13.8 Å². The Hall–Kier alpha value is -1.14. The summed E-state index contributed by atoms with van der Waals surface area (Å²) in [5, 5.41) is 2.48. The van der Waals surface area contributed by atoms with Crippen molar-refractivity contribution in [3.63, 3.8) is 0 Å². The van der Waals surface area contributed by atoms with Gasteiger partial charge in [0, 0.05) is 19.0 Å². The van der Waals surface area contributed by atoms with E-state index < -0.39 is 5.97 Å². The molecule has 0 fully saturated rings. The molecule has 0 spiro atoms. The van der Waals surface area contributed by atoms with Crippen molar-refractivity contribution in [3.05, 3.63) is 11.1 Å². The second-order valence-electron chi connectivity index (χ2n) is 3.85. The summed E-state index contributed by atoms with van der Waals surface area (Å²) >= 11 is 1.42. The van der Waals surface area contributed by atoms with E-state index in [1.54, 1.807) is 5.38 Å². The number of carbonyl (C=O) groups excluding carboxylic acids is 1. The smallest absolute Gasteiger partial charge is 0.357 e. The van der Waals surface area contributed by atoms with Gasteiger partial charge in [0.1, 0.15) is 0 Å². The number of nitrogens with zero attached hydrogens (tertiary/aromatic N) is 2. The van der Waals surface area contributed by atoms with Crippen LogP contribution in [0.4, 0.5) is 5.13 Å². The maximum atomic E-state index is 11.2. The maximum Gasteiger partial charge on any atom is 0.357 e. The van der Waals surface area contributed by atoms with Crippen LogP contribution in [0.3, 0.4) is 0 Å². The summed E-state index contributed by atoms with van der Waals surface area (Å²) in [5.41, 5.74) is 0.351. The molecular formula is C11H18N2O3S. The van der Waals surface area contributed by atoms with Crippen LogP contribution in [0.5, 0.6) is 0 Å². The van der Waals surface area contributed by atoms with E-state index >= 15 is 0 Å². The van der Waals surface area contributed by atoms with Crippen LogP contribution < -0.4 is 4.90 Å². The third-order valence-corrected chi connectivity index (χ3v) is 3.05. The molecule has 0 aromatic carbocycles. The molecule has 1 heterocycles. The molecule has 0 aliphatic heterocycles. The number of methoxy groups -OCH3 is 1. The number of hydrogen-bond acceptors (Lipinski definition) is 6. The summed E-state index contributed by atoms with van der Waals surface area (Å²) in [4.78, 5) is 17.4. The predicted molar refractivity (Wildman–Crippen MR) is 67.8 cm³/mol. The lowest BCUT2D eigenvalue weighted by atomic mass is 10.5. The van der Waals surface area contributed by atoms with Crippen LogP contribution in [-0.4, -0.2) is 44.4 Å². The van der Waals surface area contributed by atoms with Gasteiger partial charge in [-0.3, -0.25) is 0 Å². The Morgan fingerprint density at radius 1 is 1.59 bits per heavy atom. The first-order valence-electron chi connectivity index (χ1n) is 5.41. The number of hydrogen-bond donors (Lipinski definition) is 0. The Labute approximate surface area is 105 Å². The van der Waals surface area contributed by atoms with Gasteiger partial charge in [0.25, 0.3) is 0 Å². The van der Waals surface area contributed by atoms with Crippen molar-refractivity contribution < 1.29 is 14.3 Å². The van der Waals surface area contributed by atoms with E-state index in [1.807, 2.05) is 25.8 Å². The summed E-state index contributed by atoms with van der Waals surface area (Å²) in [6.45, 7) is 5.38. The Bertz CT molecular complexity index is 365. The normalized spacial score (nSPS) is 10.6. The van der Waals surface area contributed by atoms with Crippen LogP contribution in [-0.2, 0) is 9.47 Å². The largest absolute Gasteiger partial charge is 0.464 e. The van der Waals surface area contributed by atoms with E-state index in [1.165, 1.54) is 18.4 Å². The number of carbonyl (C=O) groups is 1. The van der Waals surface area contributed by atoms with Gasteiger partial charge in [-0.1, -0.05) is 0 Å². The molecule has 0 aliphatic rings. The molecule has 0 amide bonds. The van der Waals surface area contributed by atoms with Crippen molar-refractivity contribution in [2.24, 2.45) is 0 Å². The van der Waals surface area contributed by atoms with Crippen LogP contribution in [0, 0.1) is 0 Å². The molecule has 0 bridgehead atoms. The number of likely N-dealkylation sites (N-methyl/N-ethyl adjacent to an activating group) is 1. The van der Waals surface area contributed by atoms with Gasteiger partial charge in [-0.25, -0.2) is 9.78 Å². The number of anilines is 1. The van der Waals surface area contributed by atoms with E-state index in [9.17, 15) is 4.79 Å². The lowest BCUT2D eigenvalue weighted by Gasteiger charge is -2.16. The van der Waals surface area contributed by atoms with E-state index in [0.29, 0.717) is 12.3 Å². The molecule has 1 rings (SSSR count). The molecule has 0 N–H and O–H groups in total. The van der Waals surface area contributed by atoms with E-state index in [-0.39, 0.29) is 6.10 Å². The lowest BCUT2D eigenvalue weighted by molar-refractivity contribution is 0.0595. The van der Waals surface area contributed by atoms with Gasteiger partial charge >= 0.3 is 5.97 Å². The summed E-state index contributed by atoms with van der Waals surface area (Å²) in [7, 11) is 3.27. The monoisotopic (exact) mass is 258 g/mol. The average Bonchev–Trinajstić information content (AvgIpc) is 2.76. The minimum Gasteiger partial charge on any atom is -0.464 e. The van der Waals surface area contributed by atoms with Gasteiger partial charge in [0.2, 0.25) is 0 Å². The zero-order chi connectivity index (χ0) is 12.8. The molecule has 0 unspecified atom stereocenters. The molecule has 0 saturated heterocycles. The van der Waals surface area contributed by atoms with Gasteiger partial charge in [0.05, 0.1) is 19.8 Å². The molecule has 5 nitrogen and oxygen atoms in total. The maximum absolute atomic E-state index is 11.2. The zero-order valence-corrected chi connectivity index (χ0v) is 11.4. The fourth-order valence-electron chi connectivity index (χ4n) is 1.16. The SMILES string of the molecule is COC(=O)c1csc(N(C)CCOC(C)C)n1. The highest BCUT2D eigenvalue weighted by atomic mass is 32.1. The summed E-state index contributed by atoms with van der Waals surface area (Å²) < 4.78 is 10.1. The van der Waals surface area contributed by atoms with Crippen LogP contribution >= 0.6 is 11.3 Å². The first kappa shape index (κ1) is 13.9. The Kier molecular flexibility index (Phi) is 5.37. The third-order valence-electron chi connectivity index (χ3n) is 2.09. The Balaban J connectivity index is 2.49. The quantitative estimate of drug-likeness (QED) is 0.728. The minimum atomic E-state index is -0.403. The van der Waals surface area contributed by atoms with Crippen LogP contribution in [0.25, 0.3) is 0 Å². The molecule has 96 valence electrons. The van der Waals surface area contributed by atoms with Gasteiger partial charge < -0.3 is 14.4 Å². The molecule has 1 aromatic heterocycles. The molecule has 1 aromatic rings. The van der Waals surface area contributed by atoms with E-state index in [4.69, 9.17) is 4.74 Å². The summed E-state index contributed by atoms with van der Waals surface area (Å²) in [6.07, 6.45) is 0.227. The van der Waals surface area contributed by atoms with E-state index in [2.05, 4.69) is 9.72 Å². The fourth-order valence-corrected chi connectivity index (χ4v) is 1.95.